The van der Waals surface area contributed by atoms with Crippen LogP contribution in [0.15, 0.2) is 116 Å². The van der Waals surface area contributed by atoms with Gasteiger partial charge >= 0.3 is 0 Å². The monoisotopic (exact) mass is 936 g/mol. The summed E-state index contributed by atoms with van der Waals surface area (Å²) in [4.78, 5) is 4.25. The zero-order chi connectivity index (χ0) is 52.3. The Bertz CT molecular complexity index is 3500. The van der Waals surface area contributed by atoms with Crippen LogP contribution in [0.1, 0.15) is 161 Å². The van der Waals surface area contributed by atoms with Crippen LogP contribution < -0.4 is 0 Å². The summed E-state index contributed by atoms with van der Waals surface area (Å²) in [6.45, 7) is 25.5. The summed E-state index contributed by atoms with van der Waals surface area (Å²) in [7, 11) is 0. The number of benzene rings is 5. The van der Waals surface area contributed by atoms with E-state index < -0.39 is 0 Å². The number of allylic oxidation sites excluding steroid dienone is 5. The van der Waals surface area contributed by atoms with E-state index in [9.17, 15) is 26.3 Å². The number of nitrogens with zero attached hydrogens (tertiary/aromatic N) is 6. The minimum Gasteiger partial charge on any atom is -0.265 e. The zero-order valence-electron chi connectivity index (χ0n) is 43.5. The normalized spacial score (nSPS) is 17.0. The maximum Gasteiger partial charge on any atom is 0.0998 e. The van der Waals surface area contributed by atoms with Gasteiger partial charge in [-0.25, -0.2) is 0 Å². The number of nitriles is 5. The van der Waals surface area contributed by atoms with Crippen LogP contribution in [0.5, 0.6) is 0 Å². The van der Waals surface area contributed by atoms with Crippen molar-refractivity contribution in [1.29, 1.82) is 26.3 Å². The molecule has 354 valence electrons. The molecule has 1 aliphatic carbocycles. The van der Waals surface area contributed by atoms with Crippen LogP contribution in [0.3, 0.4) is 0 Å². The van der Waals surface area contributed by atoms with Crippen LogP contribution in [0.4, 0.5) is 0 Å². The standard InChI is InChI=1S/C66H60N6/c1-63(2,3)59-28-43-19-51(34-59)56(39-69)26-45-21-53(36-61(30-45)65(7,8)9)58(41-71)27-46-22-52(35-62(31-46)66(10,11)12)57(40-70)25-44-20-50(33-60(29-44)64(4,5)6)55(38-68)23-42-17-48(47-13-15-72-16-14-47)32-49(18-42)54(24-43)37-67/h13-36H,1-12H3/b54-24+,55-23+,56-26+,57-25+,58-27+. The van der Waals surface area contributed by atoms with Crippen molar-refractivity contribution in [2.45, 2.75) is 105 Å². The number of hydrogen-bond donors (Lipinski definition) is 0. The van der Waals surface area contributed by atoms with Crippen molar-refractivity contribution in [2.24, 2.45) is 0 Å². The molecular weight excluding hydrogens is 877 g/mol. The molecule has 0 fully saturated rings. The Labute approximate surface area is 427 Å². The first kappa shape index (κ1) is 51.3. The predicted molar refractivity (Wildman–Crippen MR) is 298 cm³/mol. The molecule has 7 rings (SSSR count). The average molecular weight is 937 g/mol. The third-order valence-corrected chi connectivity index (χ3v) is 13.0. The summed E-state index contributed by atoms with van der Waals surface area (Å²) in [6.07, 6.45) is 12.8. The zero-order valence-corrected chi connectivity index (χ0v) is 43.5. The van der Waals surface area contributed by atoms with Gasteiger partial charge in [-0.15, -0.1) is 0 Å². The molecule has 0 spiro atoms. The van der Waals surface area contributed by atoms with Crippen LogP contribution in [0.25, 0.3) is 69.4 Å². The molecule has 1 aliphatic rings. The molecule has 6 aromatic rings. The SMILES string of the molecule is CC(C)(C)c1cc2cc(c1)/C(C#N)=C/c1cc(cc(C(C)(C)C)c1)/C(C#N)=C/c1cc(cc(C(C)(C)C)c1)/C(C#N)=C/c1cc(cc(C(C)(C)C)c1)/C(C#N)=C/c1cc(cc(-c3ccncc3)c1)/C(C#N)=C/2. The van der Waals surface area contributed by atoms with Crippen molar-refractivity contribution < 1.29 is 0 Å². The third kappa shape index (κ3) is 11.9. The summed E-state index contributed by atoms with van der Waals surface area (Å²) < 4.78 is 0. The van der Waals surface area contributed by atoms with Crippen LogP contribution in [-0.4, -0.2) is 4.98 Å². The molecule has 1 aromatic heterocycles. The fourth-order valence-corrected chi connectivity index (χ4v) is 8.63. The fourth-order valence-electron chi connectivity index (χ4n) is 8.63. The maximum absolute atomic E-state index is 11.0. The quantitative estimate of drug-likeness (QED) is 0.161. The second kappa shape index (κ2) is 20.0. The molecule has 0 aliphatic heterocycles. The van der Waals surface area contributed by atoms with E-state index in [1.807, 2.05) is 109 Å². The molecule has 0 atom stereocenters. The van der Waals surface area contributed by atoms with E-state index in [1.165, 1.54) is 0 Å². The van der Waals surface area contributed by atoms with Gasteiger partial charge < -0.3 is 0 Å². The molecular formula is C66H60N6. The van der Waals surface area contributed by atoms with Crippen molar-refractivity contribution in [2.75, 3.05) is 0 Å². The second-order valence-electron chi connectivity index (χ2n) is 22.8. The van der Waals surface area contributed by atoms with E-state index in [0.717, 1.165) is 55.6 Å². The first-order valence-electron chi connectivity index (χ1n) is 24.2. The van der Waals surface area contributed by atoms with Gasteiger partial charge in [-0.3, -0.25) is 4.98 Å². The molecule has 5 aromatic carbocycles. The minimum atomic E-state index is -0.315. The smallest absolute Gasteiger partial charge is 0.0998 e. The van der Waals surface area contributed by atoms with Gasteiger partial charge in [0, 0.05) is 12.4 Å². The van der Waals surface area contributed by atoms with Crippen LogP contribution in [0.2, 0.25) is 0 Å². The van der Waals surface area contributed by atoms with Crippen molar-refractivity contribution >= 4 is 58.2 Å². The lowest BCUT2D eigenvalue weighted by atomic mass is 9.82. The lowest BCUT2D eigenvalue weighted by molar-refractivity contribution is 0.589. The van der Waals surface area contributed by atoms with E-state index in [4.69, 9.17) is 0 Å². The van der Waals surface area contributed by atoms with E-state index in [-0.39, 0.29) is 21.7 Å². The molecule has 6 nitrogen and oxygen atoms in total. The largest absolute Gasteiger partial charge is 0.265 e. The highest BCUT2D eigenvalue weighted by molar-refractivity contribution is 5.98. The van der Waals surface area contributed by atoms with Crippen molar-refractivity contribution in [1.82, 2.24) is 4.98 Å². The number of rotatable bonds is 1. The average Bonchev–Trinajstić information content (AvgIpc) is 3.33. The minimum absolute atomic E-state index is 0.306. The van der Waals surface area contributed by atoms with E-state index in [2.05, 4.69) is 143 Å². The summed E-state index contributed by atoms with van der Waals surface area (Å²) in [5.41, 5.74) is 13.7. The van der Waals surface area contributed by atoms with Gasteiger partial charge in [-0.2, -0.15) is 26.3 Å². The van der Waals surface area contributed by atoms with E-state index >= 15 is 0 Å². The first-order valence-corrected chi connectivity index (χ1v) is 24.2. The third-order valence-electron chi connectivity index (χ3n) is 13.0. The Morgan fingerprint density at radius 2 is 0.500 bits per heavy atom. The Morgan fingerprint density at radius 1 is 0.278 bits per heavy atom. The molecule has 0 unspecified atom stereocenters. The van der Waals surface area contributed by atoms with Gasteiger partial charge in [0.2, 0.25) is 0 Å². The molecule has 0 saturated heterocycles. The van der Waals surface area contributed by atoms with Gasteiger partial charge in [0.05, 0.1) is 58.2 Å². The van der Waals surface area contributed by atoms with E-state index in [0.29, 0.717) is 61.2 Å². The number of pyridine rings is 1. The van der Waals surface area contributed by atoms with Crippen molar-refractivity contribution in [3.63, 3.8) is 0 Å². The molecule has 0 saturated carbocycles. The lowest BCUT2D eigenvalue weighted by Crippen LogP contribution is -2.12. The summed E-state index contributed by atoms with van der Waals surface area (Å²) >= 11 is 0. The first-order chi connectivity index (χ1) is 33.9. The molecule has 10 bridgehead atoms. The van der Waals surface area contributed by atoms with Gasteiger partial charge in [0.1, 0.15) is 0 Å². The van der Waals surface area contributed by atoms with Crippen LogP contribution in [0, 0.1) is 56.7 Å². The number of hydrogen-bond acceptors (Lipinski definition) is 6. The number of fused-ring (bicyclic) bond motifs is 10. The fraction of sp³-hybridized carbons (Fsp3) is 0.242. The highest BCUT2D eigenvalue weighted by Crippen LogP contribution is 2.37. The van der Waals surface area contributed by atoms with Crippen LogP contribution in [-0.2, 0) is 21.7 Å². The van der Waals surface area contributed by atoms with Crippen molar-refractivity contribution in [3.05, 3.63) is 193 Å². The highest BCUT2D eigenvalue weighted by atomic mass is 14.6. The Hall–Kier alpha value is -8.60. The second-order valence-corrected chi connectivity index (χ2v) is 22.8. The Balaban J connectivity index is 1.63. The van der Waals surface area contributed by atoms with Gasteiger partial charge in [-0.1, -0.05) is 107 Å². The molecule has 72 heavy (non-hydrogen) atoms. The molecule has 0 N–H and O–H groups in total. The highest BCUT2D eigenvalue weighted by Gasteiger charge is 2.22. The molecule has 0 radical (unpaired) electrons. The number of aromatic nitrogens is 1. The summed E-state index contributed by atoms with van der Waals surface area (Å²) in [5.74, 6) is 0. The van der Waals surface area contributed by atoms with Crippen molar-refractivity contribution in [3.8, 4) is 41.5 Å². The predicted octanol–water partition coefficient (Wildman–Crippen LogP) is 16.6. The van der Waals surface area contributed by atoms with E-state index in [1.54, 1.807) is 12.4 Å². The van der Waals surface area contributed by atoms with Crippen LogP contribution >= 0.6 is 0 Å². The Morgan fingerprint density at radius 3 is 0.736 bits per heavy atom. The molecule has 0 amide bonds. The molecule has 1 heterocycles. The van der Waals surface area contributed by atoms with Gasteiger partial charge in [0.25, 0.3) is 0 Å². The Kier molecular flexibility index (Phi) is 14.3. The van der Waals surface area contributed by atoms with Gasteiger partial charge in [0.15, 0.2) is 0 Å². The summed E-state index contributed by atoms with van der Waals surface area (Å²) in [5, 5.41) is 54.8. The topological polar surface area (TPSA) is 132 Å². The lowest BCUT2D eigenvalue weighted by Gasteiger charge is -2.22. The molecule has 6 heteroatoms. The maximum atomic E-state index is 11.0. The van der Waals surface area contributed by atoms with Gasteiger partial charge in [-0.05, 0) is 220 Å². The summed E-state index contributed by atoms with van der Waals surface area (Å²) in [6, 6.07) is 46.4.